The molecular formula is C17H16ClN3O4S. The number of nitro groups is 1. The maximum atomic E-state index is 11.4. The van der Waals surface area contributed by atoms with E-state index >= 15 is 0 Å². The van der Waals surface area contributed by atoms with E-state index < -0.39 is 4.92 Å². The Hall–Kier alpha value is -2.45. The SMILES string of the molecule is CC(=O)N1CCN(C(=S)c2ccc(-c3ccc(Cl)cc3[N+](=O)[O-])o2)CC1. The number of hydrogen-bond donors (Lipinski definition) is 0. The van der Waals surface area contributed by atoms with Gasteiger partial charge in [0.1, 0.15) is 10.7 Å². The lowest BCUT2D eigenvalue weighted by atomic mass is 10.1. The van der Waals surface area contributed by atoms with Crippen LogP contribution in [0.25, 0.3) is 11.3 Å². The first-order valence-corrected chi connectivity index (χ1v) is 8.74. The topological polar surface area (TPSA) is 79.8 Å². The van der Waals surface area contributed by atoms with Gasteiger partial charge in [0, 0.05) is 44.2 Å². The summed E-state index contributed by atoms with van der Waals surface area (Å²) in [6, 6.07) is 7.78. The molecule has 1 saturated heterocycles. The summed E-state index contributed by atoms with van der Waals surface area (Å²) in [6.07, 6.45) is 0. The number of thiocarbonyl (C=S) groups is 1. The van der Waals surface area contributed by atoms with Crippen molar-refractivity contribution in [2.45, 2.75) is 6.92 Å². The second-order valence-corrected chi connectivity index (χ2v) is 6.70. The minimum absolute atomic E-state index is 0.0471. The highest BCUT2D eigenvalue weighted by molar-refractivity contribution is 7.80. The highest BCUT2D eigenvalue weighted by atomic mass is 35.5. The Morgan fingerprint density at radius 1 is 1.19 bits per heavy atom. The molecule has 0 aliphatic carbocycles. The van der Waals surface area contributed by atoms with E-state index in [0.29, 0.717) is 48.3 Å². The van der Waals surface area contributed by atoms with E-state index in [1.54, 1.807) is 36.1 Å². The Morgan fingerprint density at radius 2 is 1.85 bits per heavy atom. The van der Waals surface area contributed by atoms with E-state index in [4.69, 9.17) is 28.2 Å². The molecule has 26 heavy (non-hydrogen) atoms. The Labute approximate surface area is 160 Å². The predicted molar refractivity (Wildman–Crippen MR) is 101 cm³/mol. The quantitative estimate of drug-likeness (QED) is 0.452. The summed E-state index contributed by atoms with van der Waals surface area (Å²) >= 11 is 11.3. The molecule has 0 atom stereocenters. The van der Waals surface area contributed by atoms with Gasteiger partial charge in [-0.15, -0.1) is 0 Å². The van der Waals surface area contributed by atoms with Crippen LogP contribution in [0, 0.1) is 10.1 Å². The van der Waals surface area contributed by atoms with Gasteiger partial charge in [-0.1, -0.05) is 23.8 Å². The van der Waals surface area contributed by atoms with Gasteiger partial charge in [-0.05, 0) is 24.3 Å². The summed E-state index contributed by atoms with van der Waals surface area (Å²) in [5.74, 6) is 0.870. The molecule has 2 aromatic rings. The summed E-state index contributed by atoms with van der Waals surface area (Å²) in [6.45, 7) is 3.99. The number of benzene rings is 1. The number of carbonyl (C=O) groups excluding carboxylic acids is 1. The third-order valence-corrected chi connectivity index (χ3v) is 4.95. The highest BCUT2D eigenvalue weighted by Gasteiger charge is 2.24. The molecule has 1 aromatic heterocycles. The molecule has 9 heteroatoms. The standard InChI is InChI=1S/C17H16ClN3O4S/c1-11(22)19-6-8-20(9-7-19)17(26)16-5-4-15(25-16)13-3-2-12(18)10-14(13)21(23)24/h2-5,10H,6-9H2,1H3. The number of rotatable bonds is 3. The number of furan rings is 1. The van der Waals surface area contributed by atoms with Crippen LogP contribution in [0.5, 0.6) is 0 Å². The lowest BCUT2D eigenvalue weighted by Gasteiger charge is -2.35. The summed E-state index contributed by atoms with van der Waals surface area (Å²) in [5, 5.41) is 11.5. The monoisotopic (exact) mass is 393 g/mol. The number of piperazine rings is 1. The van der Waals surface area contributed by atoms with Crippen LogP contribution < -0.4 is 0 Å². The van der Waals surface area contributed by atoms with Gasteiger partial charge in [0.15, 0.2) is 5.76 Å². The third kappa shape index (κ3) is 3.71. The first-order valence-electron chi connectivity index (χ1n) is 7.96. The van der Waals surface area contributed by atoms with Gasteiger partial charge >= 0.3 is 0 Å². The Balaban J connectivity index is 1.80. The van der Waals surface area contributed by atoms with Gasteiger partial charge in [0.25, 0.3) is 5.69 Å². The average molecular weight is 394 g/mol. The molecule has 0 radical (unpaired) electrons. The fourth-order valence-corrected chi connectivity index (χ4v) is 3.30. The normalized spacial score (nSPS) is 14.4. The van der Waals surface area contributed by atoms with Gasteiger partial charge in [0.2, 0.25) is 5.91 Å². The first kappa shape index (κ1) is 18.3. The second-order valence-electron chi connectivity index (χ2n) is 5.88. The van der Waals surface area contributed by atoms with Gasteiger partial charge < -0.3 is 14.2 Å². The molecular weight excluding hydrogens is 378 g/mol. The molecule has 1 aromatic carbocycles. The Bertz CT molecular complexity index is 875. The first-order chi connectivity index (χ1) is 12.4. The predicted octanol–water partition coefficient (Wildman–Crippen LogP) is 3.35. The zero-order valence-corrected chi connectivity index (χ0v) is 15.5. The molecule has 0 saturated carbocycles. The average Bonchev–Trinajstić information content (AvgIpc) is 3.11. The van der Waals surface area contributed by atoms with Crippen molar-refractivity contribution < 1.29 is 14.1 Å². The molecule has 0 spiro atoms. The second kappa shape index (κ2) is 7.43. The lowest BCUT2D eigenvalue weighted by Crippen LogP contribution is -2.49. The van der Waals surface area contributed by atoms with E-state index in [2.05, 4.69) is 0 Å². The summed E-state index contributed by atoms with van der Waals surface area (Å²) in [5.41, 5.74) is 0.217. The smallest absolute Gasteiger partial charge is 0.281 e. The number of amides is 1. The van der Waals surface area contributed by atoms with Crippen LogP contribution in [0.1, 0.15) is 12.7 Å². The largest absolute Gasteiger partial charge is 0.453 e. The van der Waals surface area contributed by atoms with Crippen LogP contribution in [0.3, 0.4) is 0 Å². The van der Waals surface area contributed by atoms with E-state index in [0.717, 1.165) is 0 Å². The molecule has 1 fully saturated rings. The van der Waals surface area contributed by atoms with Crippen molar-refractivity contribution >= 4 is 40.4 Å². The van der Waals surface area contributed by atoms with Crippen LogP contribution >= 0.6 is 23.8 Å². The molecule has 2 heterocycles. The van der Waals surface area contributed by atoms with Crippen molar-refractivity contribution in [1.29, 1.82) is 0 Å². The van der Waals surface area contributed by atoms with Crippen molar-refractivity contribution in [3.63, 3.8) is 0 Å². The third-order valence-electron chi connectivity index (χ3n) is 4.25. The van der Waals surface area contributed by atoms with Gasteiger partial charge in [-0.25, -0.2) is 0 Å². The summed E-state index contributed by atoms with van der Waals surface area (Å²) in [7, 11) is 0. The minimum atomic E-state index is -0.497. The van der Waals surface area contributed by atoms with Gasteiger partial charge in [0.05, 0.1) is 10.5 Å². The number of hydrogen-bond acceptors (Lipinski definition) is 5. The van der Waals surface area contributed by atoms with Gasteiger partial charge in [-0.2, -0.15) is 0 Å². The summed E-state index contributed by atoms with van der Waals surface area (Å²) in [4.78, 5) is 26.4. The highest BCUT2D eigenvalue weighted by Crippen LogP contribution is 2.33. The van der Waals surface area contributed by atoms with Crippen LogP contribution in [0.2, 0.25) is 5.02 Å². The molecule has 136 valence electrons. The maximum absolute atomic E-state index is 11.4. The Kier molecular flexibility index (Phi) is 5.24. The number of carbonyl (C=O) groups is 1. The Morgan fingerprint density at radius 3 is 2.46 bits per heavy atom. The zero-order chi connectivity index (χ0) is 18.8. The molecule has 1 aliphatic heterocycles. The number of nitrogens with zero attached hydrogens (tertiary/aromatic N) is 3. The van der Waals surface area contributed by atoms with Crippen molar-refractivity contribution in [1.82, 2.24) is 9.80 Å². The molecule has 3 rings (SSSR count). The number of nitro benzene ring substituents is 1. The lowest BCUT2D eigenvalue weighted by molar-refractivity contribution is -0.384. The van der Waals surface area contributed by atoms with Crippen molar-refractivity contribution in [3.05, 3.63) is 51.2 Å². The van der Waals surface area contributed by atoms with Crippen LogP contribution in [0.4, 0.5) is 5.69 Å². The van der Waals surface area contributed by atoms with Crippen molar-refractivity contribution in [3.8, 4) is 11.3 Å². The van der Waals surface area contributed by atoms with E-state index in [9.17, 15) is 14.9 Å². The maximum Gasteiger partial charge on any atom is 0.281 e. The molecule has 1 amide bonds. The molecule has 0 unspecified atom stereocenters. The zero-order valence-electron chi connectivity index (χ0n) is 14.0. The fraction of sp³-hybridized carbons (Fsp3) is 0.294. The molecule has 0 N–H and O–H groups in total. The van der Waals surface area contributed by atoms with E-state index in [1.807, 2.05) is 4.90 Å². The number of halogens is 1. The van der Waals surface area contributed by atoms with Crippen LogP contribution in [-0.4, -0.2) is 51.8 Å². The molecule has 0 bridgehead atoms. The van der Waals surface area contributed by atoms with E-state index in [-0.39, 0.29) is 16.6 Å². The molecule has 1 aliphatic rings. The summed E-state index contributed by atoms with van der Waals surface area (Å²) < 4.78 is 5.78. The van der Waals surface area contributed by atoms with Crippen LogP contribution in [-0.2, 0) is 4.79 Å². The van der Waals surface area contributed by atoms with Crippen molar-refractivity contribution in [2.75, 3.05) is 26.2 Å². The van der Waals surface area contributed by atoms with Crippen LogP contribution in [0.15, 0.2) is 34.7 Å². The molecule has 7 nitrogen and oxygen atoms in total. The van der Waals surface area contributed by atoms with Crippen molar-refractivity contribution in [2.24, 2.45) is 0 Å². The fourth-order valence-electron chi connectivity index (χ4n) is 2.84. The van der Waals surface area contributed by atoms with E-state index in [1.165, 1.54) is 6.07 Å². The minimum Gasteiger partial charge on any atom is -0.453 e. The van der Waals surface area contributed by atoms with Gasteiger partial charge in [-0.3, -0.25) is 14.9 Å².